The predicted molar refractivity (Wildman–Crippen MR) is 70.7 cm³/mol. The molecule has 3 nitrogen and oxygen atoms in total. The van der Waals surface area contributed by atoms with Crippen molar-refractivity contribution in [2.75, 3.05) is 27.2 Å². The van der Waals surface area contributed by atoms with Crippen LogP contribution in [0.3, 0.4) is 0 Å². The van der Waals surface area contributed by atoms with Gasteiger partial charge in [0.05, 0.1) is 12.1 Å². The number of rotatable bonds is 3. The highest BCUT2D eigenvalue weighted by atomic mass is 35.5. The summed E-state index contributed by atoms with van der Waals surface area (Å²) in [5.41, 5.74) is 7.44. The highest BCUT2D eigenvalue weighted by molar-refractivity contribution is 6.32. The first-order valence-corrected chi connectivity index (χ1v) is 6.20. The Morgan fingerprint density at radius 2 is 2.29 bits per heavy atom. The monoisotopic (exact) mass is 254 g/mol. The molecule has 4 heteroatoms. The van der Waals surface area contributed by atoms with Crippen LogP contribution < -0.4 is 10.5 Å². The Hall–Kier alpha value is -0.770. The van der Waals surface area contributed by atoms with Crippen LogP contribution in [0.4, 0.5) is 0 Å². The van der Waals surface area contributed by atoms with Crippen molar-refractivity contribution in [1.29, 1.82) is 0 Å². The fourth-order valence-corrected chi connectivity index (χ4v) is 2.76. The van der Waals surface area contributed by atoms with Crippen LogP contribution in [-0.4, -0.2) is 37.7 Å². The normalized spacial score (nSPS) is 25.2. The molecule has 1 aliphatic rings. The molecule has 1 aliphatic heterocycles. The third-order valence-corrected chi connectivity index (χ3v) is 3.64. The Labute approximate surface area is 107 Å². The van der Waals surface area contributed by atoms with Gasteiger partial charge < -0.3 is 15.4 Å². The zero-order valence-electron chi connectivity index (χ0n) is 10.4. The van der Waals surface area contributed by atoms with Gasteiger partial charge in [-0.15, -0.1) is 0 Å². The first kappa shape index (κ1) is 12.7. The lowest BCUT2D eigenvalue weighted by Gasteiger charge is -2.24. The molecule has 0 bridgehead atoms. The maximum Gasteiger partial charge on any atom is 0.137 e. The molecule has 1 fully saturated rings. The van der Waals surface area contributed by atoms with Crippen molar-refractivity contribution in [2.45, 2.75) is 18.4 Å². The summed E-state index contributed by atoms with van der Waals surface area (Å²) in [6.45, 7) is 2.01. The summed E-state index contributed by atoms with van der Waals surface area (Å²) < 4.78 is 5.14. The van der Waals surface area contributed by atoms with Gasteiger partial charge in [0.1, 0.15) is 5.75 Å². The summed E-state index contributed by atoms with van der Waals surface area (Å²) in [5.74, 6) is 0.713. The number of benzene rings is 1. The van der Waals surface area contributed by atoms with Gasteiger partial charge in [0.2, 0.25) is 0 Å². The van der Waals surface area contributed by atoms with Crippen molar-refractivity contribution in [3.8, 4) is 5.75 Å². The van der Waals surface area contributed by atoms with Crippen molar-refractivity contribution in [3.05, 3.63) is 28.8 Å². The number of hydrogen-bond acceptors (Lipinski definition) is 3. The second-order valence-corrected chi connectivity index (χ2v) is 5.40. The molecule has 2 N–H and O–H groups in total. The van der Waals surface area contributed by atoms with Gasteiger partial charge in [-0.3, -0.25) is 0 Å². The number of halogens is 1. The molecular weight excluding hydrogens is 236 g/mol. The average Bonchev–Trinajstić information content (AvgIpc) is 2.58. The van der Waals surface area contributed by atoms with E-state index in [2.05, 4.69) is 11.9 Å². The van der Waals surface area contributed by atoms with Crippen LogP contribution in [0.2, 0.25) is 5.02 Å². The highest BCUT2D eigenvalue weighted by Crippen LogP contribution is 2.28. The minimum atomic E-state index is -0.118. The Kier molecular flexibility index (Phi) is 3.61. The van der Waals surface area contributed by atoms with Crippen molar-refractivity contribution < 1.29 is 4.74 Å². The summed E-state index contributed by atoms with van der Waals surface area (Å²) in [6, 6.07) is 5.89. The zero-order chi connectivity index (χ0) is 12.5. The zero-order valence-corrected chi connectivity index (χ0v) is 11.1. The van der Waals surface area contributed by atoms with E-state index in [0.717, 1.165) is 25.9 Å². The Morgan fingerprint density at radius 3 is 2.82 bits per heavy atom. The quantitative estimate of drug-likeness (QED) is 0.896. The third kappa shape index (κ3) is 2.92. The van der Waals surface area contributed by atoms with Gasteiger partial charge in [-0.25, -0.2) is 0 Å². The highest BCUT2D eigenvalue weighted by Gasteiger charge is 2.32. The molecule has 0 amide bonds. The van der Waals surface area contributed by atoms with E-state index in [9.17, 15) is 0 Å². The standard InChI is InChI=1S/C13H19ClN2O/c1-16-6-5-13(15,9-16)8-10-3-4-12(17-2)11(14)7-10/h3-4,7H,5-6,8-9,15H2,1-2H3. The molecule has 1 aromatic carbocycles. The van der Waals surface area contributed by atoms with Gasteiger partial charge in [0.15, 0.2) is 0 Å². The molecule has 2 rings (SSSR count). The first-order valence-electron chi connectivity index (χ1n) is 5.82. The second kappa shape index (κ2) is 4.84. The average molecular weight is 255 g/mol. The Morgan fingerprint density at radius 1 is 1.53 bits per heavy atom. The Bertz CT molecular complexity index is 410. The molecule has 1 unspecified atom stereocenters. The fraction of sp³-hybridized carbons (Fsp3) is 0.538. The van der Waals surface area contributed by atoms with E-state index in [4.69, 9.17) is 22.1 Å². The summed E-state index contributed by atoms with van der Waals surface area (Å²) >= 11 is 6.11. The third-order valence-electron chi connectivity index (χ3n) is 3.35. The second-order valence-electron chi connectivity index (χ2n) is 5.00. The summed E-state index contributed by atoms with van der Waals surface area (Å²) in [4.78, 5) is 2.27. The Balaban J connectivity index is 2.11. The molecular formula is C13H19ClN2O. The number of nitrogens with two attached hydrogens (primary N) is 1. The smallest absolute Gasteiger partial charge is 0.137 e. The molecule has 0 aliphatic carbocycles. The van der Waals surface area contributed by atoms with E-state index < -0.39 is 0 Å². The largest absolute Gasteiger partial charge is 0.495 e. The molecule has 1 heterocycles. The van der Waals surface area contributed by atoms with Gasteiger partial charge in [0.25, 0.3) is 0 Å². The first-order chi connectivity index (χ1) is 8.02. The number of likely N-dealkylation sites (tertiary alicyclic amines) is 1. The maximum atomic E-state index is 6.39. The summed E-state index contributed by atoms with van der Waals surface area (Å²) in [7, 11) is 3.73. The molecule has 0 saturated carbocycles. The molecule has 0 aromatic heterocycles. The van der Waals surface area contributed by atoms with Crippen LogP contribution in [0.25, 0.3) is 0 Å². The SMILES string of the molecule is COc1ccc(CC2(N)CCN(C)C2)cc1Cl. The van der Waals surface area contributed by atoms with Crippen molar-refractivity contribution in [1.82, 2.24) is 4.90 Å². The minimum Gasteiger partial charge on any atom is -0.495 e. The number of ether oxygens (including phenoxy) is 1. The molecule has 0 radical (unpaired) electrons. The molecule has 94 valence electrons. The van der Waals surface area contributed by atoms with Crippen LogP contribution in [0.1, 0.15) is 12.0 Å². The van der Waals surface area contributed by atoms with Crippen molar-refractivity contribution in [3.63, 3.8) is 0 Å². The van der Waals surface area contributed by atoms with Crippen LogP contribution in [0.5, 0.6) is 5.75 Å². The maximum absolute atomic E-state index is 6.39. The van der Waals surface area contributed by atoms with Crippen molar-refractivity contribution >= 4 is 11.6 Å². The van der Waals surface area contributed by atoms with E-state index in [-0.39, 0.29) is 5.54 Å². The van der Waals surface area contributed by atoms with E-state index >= 15 is 0 Å². The van der Waals surface area contributed by atoms with Gasteiger partial charge in [-0.1, -0.05) is 17.7 Å². The van der Waals surface area contributed by atoms with E-state index in [0.29, 0.717) is 10.8 Å². The molecule has 0 spiro atoms. The summed E-state index contributed by atoms with van der Waals surface area (Å²) in [5, 5.41) is 0.653. The topological polar surface area (TPSA) is 38.5 Å². The van der Waals surface area contributed by atoms with E-state index in [1.807, 2.05) is 18.2 Å². The van der Waals surface area contributed by atoms with Gasteiger partial charge >= 0.3 is 0 Å². The van der Waals surface area contributed by atoms with Gasteiger partial charge in [0, 0.05) is 12.1 Å². The van der Waals surface area contributed by atoms with Gasteiger partial charge in [-0.05, 0) is 44.1 Å². The molecule has 1 aromatic rings. The van der Waals surface area contributed by atoms with Crippen LogP contribution in [-0.2, 0) is 6.42 Å². The number of methoxy groups -OCH3 is 1. The lowest BCUT2D eigenvalue weighted by molar-refractivity contribution is 0.366. The number of likely N-dealkylation sites (N-methyl/N-ethyl adjacent to an activating group) is 1. The molecule has 17 heavy (non-hydrogen) atoms. The lowest BCUT2D eigenvalue weighted by atomic mass is 9.91. The number of hydrogen-bond donors (Lipinski definition) is 1. The van der Waals surface area contributed by atoms with E-state index in [1.165, 1.54) is 5.56 Å². The minimum absolute atomic E-state index is 0.118. The number of nitrogens with zero attached hydrogens (tertiary/aromatic N) is 1. The van der Waals surface area contributed by atoms with Crippen LogP contribution in [0.15, 0.2) is 18.2 Å². The predicted octanol–water partition coefficient (Wildman–Crippen LogP) is 1.92. The van der Waals surface area contributed by atoms with Crippen molar-refractivity contribution in [2.24, 2.45) is 5.73 Å². The molecule has 1 atom stereocenters. The summed E-state index contributed by atoms with van der Waals surface area (Å²) in [6.07, 6.45) is 1.90. The van der Waals surface area contributed by atoms with Crippen LogP contribution >= 0.6 is 11.6 Å². The lowest BCUT2D eigenvalue weighted by Crippen LogP contribution is -2.44. The van der Waals surface area contributed by atoms with Gasteiger partial charge in [-0.2, -0.15) is 0 Å². The fourth-order valence-electron chi connectivity index (χ4n) is 2.48. The molecule has 1 saturated heterocycles. The van der Waals surface area contributed by atoms with E-state index in [1.54, 1.807) is 7.11 Å². The van der Waals surface area contributed by atoms with Crippen LogP contribution in [0, 0.1) is 0 Å².